The molecule has 0 atom stereocenters. The first-order chi connectivity index (χ1) is 8.40. The van der Waals surface area contributed by atoms with E-state index in [9.17, 15) is 13.2 Å². The molecule has 7 heteroatoms. The van der Waals surface area contributed by atoms with Crippen molar-refractivity contribution in [3.05, 3.63) is 29.8 Å². The molecule has 18 heavy (non-hydrogen) atoms. The zero-order chi connectivity index (χ0) is 13.6. The number of hydrogen-bond donors (Lipinski definition) is 1. The van der Waals surface area contributed by atoms with E-state index >= 15 is 0 Å². The van der Waals surface area contributed by atoms with E-state index in [0.717, 1.165) is 5.56 Å². The lowest BCUT2D eigenvalue weighted by Crippen LogP contribution is -2.24. The molecule has 0 bridgehead atoms. The Kier molecular flexibility index (Phi) is 5.43. The molecule has 0 aliphatic rings. The summed E-state index contributed by atoms with van der Waals surface area (Å²) in [4.78, 5) is 11.0. The summed E-state index contributed by atoms with van der Waals surface area (Å²) in [5.74, 6) is 0.162. The van der Waals surface area contributed by atoms with Crippen LogP contribution in [0.5, 0.6) is 5.75 Å². The quantitative estimate of drug-likeness (QED) is 0.808. The predicted molar refractivity (Wildman–Crippen MR) is 68.8 cm³/mol. The fourth-order valence-corrected chi connectivity index (χ4v) is 1.86. The summed E-state index contributed by atoms with van der Waals surface area (Å²) in [6, 6.07) is 6.46. The fraction of sp³-hybridized carbons (Fsp3) is 0.364. The van der Waals surface area contributed by atoms with Gasteiger partial charge in [0.2, 0.25) is 5.91 Å². The van der Waals surface area contributed by atoms with Gasteiger partial charge in [-0.1, -0.05) is 19.1 Å². The lowest BCUT2D eigenvalue weighted by molar-refractivity contribution is -0.120. The molecule has 0 saturated carbocycles. The van der Waals surface area contributed by atoms with Crippen molar-refractivity contribution in [1.82, 2.24) is 5.32 Å². The standard InChI is InChI=1S/C11H14ClNO4S/c1-2-11(14)13-8-7-9-3-5-10(6-4-9)17-18(12,15)16/h3-6H,2,7-8H2,1H3,(H,13,14). The highest BCUT2D eigenvalue weighted by atomic mass is 35.7. The molecule has 1 N–H and O–H groups in total. The molecule has 1 rings (SSSR count). The third-order valence-electron chi connectivity index (χ3n) is 2.18. The third-order valence-corrected chi connectivity index (χ3v) is 2.76. The van der Waals surface area contributed by atoms with E-state index in [-0.39, 0.29) is 11.7 Å². The Balaban J connectivity index is 2.48. The van der Waals surface area contributed by atoms with Crippen molar-refractivity contribution in [3.63, 3.8) is 0 Å². The first-order valence-corrected chi connectivity index (χ1v) is 7.64. The second-order valence-electron chi connectivity index (χ2n) is 3.57. The molecule has 5 nitrogen and oxygen atoms in total. The van der Waals surface area contributed by atoms with Crippen LogP contribution in [0.3, 0.4) is 0 Å². The molecular formula is C11H14ClNO4S. The maximum atomic E-state index is 11.0. The number of benzene rings is 1. The van der Waals surface area contributed by atoms with Gasteiger partial charge < -0.3 is 9.50 Å². The zero-order valence-corrected chi connectivity index (χ0v) is 11.4. The molecule has 100 valence electrons. The van der Waals surface area contributed by atoms with Crippen LogP contribution in [-0.2, 0) is 20.5 Å². The number of carbonyl (C=O) groups excluding carboxylic acids is 1. The maximum Gasteiger partial charge on any atom is 0.401 e. The molecule has 0 unspecified atom stereocenters. The van der Waals surface area contributed by atoms with Crippen LogP contribution in [0.4, 0.5) is 0 Å². The second-order valence-corrected chi connectivity index (χ2v) is 5.66. The van der Waals surface area contributed by atoms with Gasteiger partial charge in [0.15, 0.2) is 0 Å². The maximum absolute atomic E-state index is 11.0. The Morgan fingerprint density at radius 3 is 2.44 bits per heavy atom. The molecule has 0 fully saturated rings. The normalized spacial score (nSPS) is 11.0. The van der Waals surface area contributed by atoms with E-state index in [4.69, 9.17) is 10.7 Å². The topological polar surface area (TPSA) is 72.5 Å². The Bertz CT molecular complexity index is 498. The highest BCUT2D eigenvalue weighted by Gasteiger charge is 2.06. The molecule has 1 aromatic rings. The van der Waals surface area contributed by atoms with Gasteiger partial charge in [-0.25, -0.2) is 0 Å². The minimum absolute atomic E-state index is 0.00295. The predicted octanol–water partition coefficient (Wildman–Crippen LogP) is 1.62. The highest BCUT2D eigenvalue weighted by Crippen LogP contribution is 2.16. The first-order valence-electron chi connectivity index (χ1n) is 5.40. The second kappa shape index (κ2) is 6.61. The van der Waals surface area contributed by atoms with Crippen LogP contribution < -0.4 is 9.50 Å². The number of amides is 1. The van der Waals surface area contributed by atoms with Crippen molar-refractivity contribution in [1.29, 1.82) is 0 Å². The molecule has 1 aromatic carbocycles. The lowest BCUT2D eigenvalue weighted by atomic mass is 10.1. The summed E-state index contributed by atoms with van der Waals surface area (Å²) >= 11 is 0. The van der Waals surface area contributed by atoms with Gasteiger partial charge in [-0.15, -0.1) is 0 Å². The van der Waals surface area contributed by atoms with Crippen LogP contribution >= 0.6 is 10.7 Å². The van der Waals surface area contributed by atoms with E-state index < -0.39 is 9.33 Å². The van der Waals surface area contributed by atoms with Crippen LogP contribution in [0.25, 0.3) is 0 Å². The van der Waals surface area contributed by atoms with Gasteiger partial charge in [-0.3, -0.25) is 4.79 Å². The van der Waals surface area contributed by atoms with Gasteiger partial charge in [0.25, 0.3) is 0 Å². The molecule has 0 heterocycles. The van der Waals surface area contributed by atoms with Crippen LogP contribution in [0.2, 0.25) is 0 Å². The molecule has 0 aliphatic heterocycles. The fourth-order valence-electron chi connectivity index (χ4n) is 1.30. The number of halogens is 1. The monoisotopic (exact) mass is 291 g/mol. The molecule has 0 saturated heterocycles. The van der Waals surface area contributed by atoms with Crippen molar-refractivity contribution >= 4 is 25.9 Å². The van der Waals surface area contributed by atoms with Crippen LogP contribution in [0.15, 0.2) is 24.3 Å². The van der Waals surface area contributed by atoms with Crippen LogP contribution in [-0.4, -0.2) is 20.9 Å². The Morgan fingerprint density at radius 1 is 1.33 bits per heavy atom. The summed E-state index contributed by atoms with van der Waals surface area (Å²) in [5.41, 5.74) is 0.964. The van der Waals surface area contributed by atoms with E-state index in [1.165, 1.54) is 12.1 Å². The largest absolute Gasteiger partial charge is 0.401 e. The smallest absolute Gasteiger partial charge is 0.371 e. The van der Waals surface area contributed by atoms with Crippen LogP contribution in [0.1, 0.15) is 18.9 Å². The Labute approximate surface area is 111 Å². The van der Waals surface area contributed by atoms with E-state index in [0.29, 0.717) is 19.4 Å². The SMILES string of the molecule is CCC(=O)NCCc1ccc(OS(=O)(=O)Cl)cc1. The van der Waals surface area contributed by atoms with Crippen molar-refractivity contribution in [3.8, 4) is 5.75 Å². The number of nitrogens with one attached hydrogen (secondary N) is 1. The zero-order valence-electron chi connectivity index (χ0n) is 9.85. The molecule has 1 amide bonds. The Hall–Kier alpha value is -1.27. The van der Waals surface area contributed by atoms with E-state index in [1.807, 2.05) is 0 Å². The summed E-state index contributed by atoms with van der Waals surface area (Å²) in [5, 5.41) is 2.75. The van der Waals surface area contributed by atoms with Gasteiger partial charge in [0, 0.05) is 13.0 Å². The van der Waals surface area contributed by atoms with Crippen molar-refractivity contribution < 1.29 is 17.4 Å². The van der Waals surface area contributed by atoms with Crippen molar-refractivity contribution in [2.24, 2.45) is 0 Å². The van der Waals surface area contributed by atoms with Gasteiger partial charge in [0.1, 0.15) is 5.75 Å². The minimum atomic E-state index is -4.01. The molecular weight excluding hydrogens is 278 g/mol. The molecule has 0 radical (unpaired) electrons. The minimum Gasteiger partial charge on any atom is -0.371 e. The molecule has 0 spiro atoms. The van der Waals surface area contributed by atoms with Gasteiger partial charge >= 0.3 is 9.33 Å². The van der Waals surface area contributed by atoms with Crippen LogP contribution in [0, 0.1) is 0 Å². The lowest BCUT2D eigenvalue weighted by Gasteiger charge is -2.05. The average molecular weight is 292 g/mol. The molecule has 0 aromatic heterocycles. The van der Waals surface area contributed by atoms with E-state index in [2.05, 4.69) is 9.50 Å². The summed E-state index contributed by atoms with van der Waals surface area (Å²) in [6.07, 6.45) is 1.13. The number of carbonyl (C=O) groups is 1. The average Bonchev–Trinajstić information content (AvgIpc) is 2.29. The molecule has 0 aliphatic carbocycles. The summed E-state index contributed by atoms with van der Waals surface area (Å²) in [6.45, 7) is 2.33. The van der Waals surface area contributed by atoms with Crippen molar-refractivity contribution in [2.45, 2.75) is 19.8 Å². The van der Waals surface area contributed by atoms with Gasteiger partial charge in [-0.2, -0.15) is 8.42 Å². The first kappa shape index (κ1) is 14.8. The number of rotatable bonds is 6. The van der Waals surface area contributed by atoms with Crippen molar-refractivity contribution in [2.75, 3.05) is 6.54 Å². The third kappa shape index (κ3) is 5.88. The van der Waals surface area contributed by atoms with E-state index in [1.54, 1.807) is 19.1 Å². The summed E-state index contributed by atoms with van der Waals surface area (Å²) < 4.78 is 25.8. The Morgan fingerprint density at radius 2 is 1.94 bits per heavy atom. The van der Waals surface area contributed by atoms with Gasteiger partial charge in [0.05, 0.1) is 10.7 Å². The highest BCUT2D eigenvalue weighted by molar-refractivity contribution is 8.10. The number of hydrogen-bond acceptors (Lipinski definition) is 4. The van der Waals surface area contributed by atoms with Gasteiger partial charge in [-0.05, 0) is 24.1 Å². The summed E-state index contributed by atoms with van der Waals surface area (Å²) in [7, 11) is 0.938.